The Morgan fingerprint density at radius 1 is 1.41 bits per heavy atom. The van der Waals surface area contributed by atoms with Gasteiger partial charge in [-0.15, -0.1) is 0 Å². The Balaban J connectivity index is 2.84. The van der Waals surface area contributed by atoms with E-state index in [1.54, 1.807) is 6.92 Å². The van der Waals surface area contributed by atoms with Gasteiger partial charge in [-0.05, 0) is 12.5 Å². The molecule has 0 spiro atoms. The number of non-ortho nitro benzene ring substituents is 1. The van der Waals surface area contributed by atoms with Crippen molar-refractivity contribution in [2.45, 2.75) is 25.7 Å². The van der Waals surface area contributed by atoms with Crippen molar-refractivity contribution >= 4 is 29.0 Å². The lowest BCUT2D eigenvalue weighted by molar-refractivity contribution is -0.384. The van der Waals surface area contributed by atoms with Gasteiger partial charge in [-0.25, -0.2) is 0 Å². The Bertz CT molecular complexity index is 608. The van der Waals surface area contributed by atoms with E-state index in [9.17, 15) is 28.5 Å². The van der Waals surface area contributed by atoms with Gasteiger partial charge in [0.05, 0.1) is 22.1 Å². The van der Waals surface area contributed by atoms with Gasteiger partial charge in [0.15, 0.2) is 0 Å². The maximum Gasteiger partial charge on any atom is 0.322 e. The van der Waals surface area contributed by atoms with Crippen LogP contribution in [0, 0.1) is 10.1 Å². The maximum atomic E-state index is 13.5. The second-order valence-electron chi connectivity index (χ2n) is 4.48. The lowest BCUT2D eigenvalue weighted by atomic mass is 10.1. The summed E-state index contributed by atoms with van der Waals surface area (Å²) in [5, 5.41) is 12.4. The Morgan fingerprint density at radius 3 is 2.59 bits per heavy atom. The molecule has 1 N–H and O–H groups in total. The van der Waals surface area contributed by atoms with Crippen molar-refractivity contribution in [2.75, 3.05) is 6.54 Å². The van der Waals surface area contributed by atoms with Crippen molar-refractivity contribution < 1.29 is 23.3 Å². The number of nitrogens with zero attached hydrogens (tertiary/aromatic N) is 1. The number of carbonyl (C=O) groups is 2. The number of amides is 1. The number of nitro groups is 1. The molecule has 1 rings (SSSR count). The predicted octanol–water partition coefficient (Wildman–Crippen LogP) is 2.98. The number of carbonyl (C=O) groups excluding carboxylic acids is 2. The molecule has 6 nitrogen and oxygen atoms in total. The van der Waals surface area contributed by atoms with Crippen LogP contribution in [0.4, 0.5) is 14.5 Å². The average Bonchev–Trinajstić information content (AvgIpc) is 2.45. The summed E-state index contributed by atoms with van der Waals surface area (Å²) in [6.07, 6.45) is -0.0421. The van der Waals surface area contributed by atoms with E-state index in [0.717, 1.165) is 18.2 Å². The van der Waals surface area contributed by atoms with Crippen molar-refractivity contribution in [3.8, 4) is 0 Å². The number of Topliss-reactive ketones (excluding diaryl/α,β-unsaturated/α-hetero) is 1. The van der Waals surface area contributed by atoms with Gasteiger partial charge >= 0.3 is 5.92 Å². The molecule has 0 heterocycles. The van der Waals surface area contributed by atoms with Gasteiger partial charge in [-0.1, -0.05) is 18.5 Å². The van der Waals surface area contributed by atoms with Crippen molar-refractivity contribution in [1.82, 2.24) is 5.32 Å². The van der Waals surface area contributed by atoms with Crippen molar-refractivity contribution in [1.29, 1.82) is 0 Å². The highest BCUT2D eigenvalue weighted by atomic mass is 35.5. The quantitative estimate of drug-likeness (QED) is 0.613. The van der Waals surface area contributed by atoms with E-state index in [-0.39, 0.29) is 23.4 Å². The Labute approximate surface area is 129 Å². The minimum Gasteiger partial charge on any atom is -0.345 e. The van der Waals surface area contributed by atoms with E-state index >= 15 is 0 Å². The smallest absolute Gasteiger partial charge is 0.322 e. The molecule has 9 heteroatoms. The molecular formula is C13H13ClF2N2O4. The number of hydrogen-bond acceptors (Lipinski definition) is 4. The summed E-state index contributed by atoms with van der Waals surface area (Å²) in [5.74, 6) is -5.99. The van der Waals surface area contributed by atoms with Gasteiger partial charge in [0.25, 0.3) is 11.6 Å². The predicted molar refractivity (Wildman–Crippen MR) is 75.3 cm³/mol. The number of ketones is 1. The zero-order valence-electron chi connectivity index (χ0n) is 11.6. The second kappa shape index (κ2) is 7.26. The first-order valence-corrected chi connectivity index (χ1v) is 6.70. The first-order valence-electron chi connectivity index (χ1n) is 6.32. The summed E-state index contributed by atoms with van der Waals surface area (Å²) >= 11 is 5.72. The van der Waals surface area contributed by atoms with Crippen LogP contribution in [0.25, 0.3) is 0 Å². The van der Waals surface area contributed by atoms with E-state index in [1.165, 1.54) is 0 Å². The molecule has 0 radical (unpaired) electrons. The van der Waals surface area contributed by atoms with Crippen LogP contribution in [-0.2, 0) is 4.79 Å². The molecule has 0 aliphatic heterocycles. The molecule has 22 heavy (non-hydrogen) atoms. The Morgan fingerprint density at radius 2 is 2.05 bits per heavy atom. The molecular weight excluding hydrogens is 322 g/mol. The van der Waals surface area contributed by atoms with Gasteiger partial charge < -0.3 is 5.32 Å². The molecule has 1 amide bonds. The van der Waals surface area contributed by atoms with E-state index in [4.69, 9.17) is 11.6 Å². The van der Waals surface area contributed by atoms with Crippen LogP contribution in [0.2, 0.25) is 5.02 Å². The zero-order chi connectivity index (χ0) is 16.9. The zero-order valence-corrected chi connectivity index (χ0v) is 12.3. The summed E-state index contributed by atoms with van der Waals surface area (Å²) in [6.45, 7) is 0.388. The van der Waals surface area contributed by atoms with Crippen molar-refractivity contribution in [3.05, 3.63) is 38.9 Å². The summed E-state index contributed by atoms with van der Waals surface area (Å²) in [6, 6.07) is 3.08. The first kappa shape index (κ1) is 18.0. The number of rotatable bonds is 7. The third-order valence-corrected chi connectivity index (χ3v) is 3.09. The highest BCUT2D eigenvalue weighted by molar-refractivity contribution is 6.33. The normalized spacial score (nSPS) is 11.1. The number of hydrogen-bond donors (Lipinski definition) is 1. The second-order valence-corrected chi connectivity index (χ2v) is 4.89. The Kier molecular flexibility index (Phi) is 5.92. The van der Waals surface area contributed by atoms with E-state index < -0.39 is 34.8 Å². The molecule has 1 aromatic rings. The Hall–Kier alpha value is -2.09. The van der Waals surface area contributed by atoms with Crippen LogP contribution >= 0.6 is 11.6 Å². The van der Waals surface area contributed by atoms with Crippen LogP contribution in [0.5, 0.6) is 0 Å². The average molecular weight is 335 g/mol. The fourth-order valence-electron chi connectivity index (χ4n) is 1.60. The van der Waals surface area contributed by atoms with Gasteiger partial charge in [-0.2, -0.15) is 8.78 Å². The van der Waals surface area contributed by atoms with Gasteiger partial charge in [0.2, 0.25) is 5.78 Å². The molecule has 0 aliphatic carbocycles. The van der Waals surface area contributed by atoms with Crippen LogP contribution < -0.4 is 5.32 Å². The molecule has 0 saturated heterocycles. The summed E-state index contributed by atoms with van der Waals surface area (Å²) < 4.78 is 27.0. The lowest BCUT2D eigenvalue weighted by Crippen LogP contribution is -2.42. The van der Waals surface area contributed by atoms with Gasteiger partial charge in [-0.3, -0.25) is 19.7 Å². The molecule has 120 valence electrons. The number of nitrogens with one attached hydrogen (secondary N) is 1. The summed E-state index contributed by atoms with van der Waals surface area (Å²) in [7, 11) is 0. The third-order valence-electron chi connectivity index (χ3n) is 2.76. The fraction of sp³-hybridized carbons (Fsp3) is 0.385. The minimum absolute atomic E-state index is 0.119. The molecule has 0 bridgehead atoms. The van der Waals surface area contributed by atoms with Crippen molar-refractivity contribution in [2.24, 2.45) is 0 Å². The molecule has 0 aliphatic rings. The van der Waals surface area contributed by atoms with E-state index in [1.807, 2.05) is 5.32 Å². The van der Waals surface area contributed by atoms with Crippen molar-refractivity contribution in [3.63, 3.8) is 0 Å². The van der Waals surface area contributed by atoms with Crippen LogP contribution in [0.15, 0.2) is 18.2 Å². The number of nitro benzene ring substituents is 1. The molecule has 0 unspecified atom stereocenters. The number of benzene rings is 1. The van der Waals surface area contributed by atoms with E-state index in [0.29, 0.717) is 0 Å². The van der Waals surface area contributed by atoms with Gasteiger partial charge in [0.1, 0.15) is 0 Å². The topological polar surface area (TPSA) is 89.3 Å². The summed E-state index contributed by atoms with van der Waals surface area (Å²) in [4.78, 5) is 32.9. The summed E-state index contributed by atoms with van der Waals surface area (Å²) in [5.41, 5.74) is -0.710. The highest BCUT2D eigenvalue weighted by Gasteiger charge is 2.37. The van der Waals surface area contributed by atoms with Crippen LogP contribution in [0.3, 0.4) is 0 Å². The van der Waals surface area contributed by atoms with Crippen LogP contribution in [-0.4, -0.2) is 29.1 Å². The standard InChI is InChI=1S/C13H13ClF2N2O4/c1-2-3-11(19)13(15,16)7-17-12(20)9-6-8(18(21)22)4-5-10(9)14/h4-6H,2-3,7H2,1H3,(H,17,20). The minimum atomic E-state index is -3.70. The fourth-order valence-corrected chi connectivity index (χ4v) is 1.80. The number of halogens is 3. The monoisotopic (exact) mass is 334 g/mol. The highest BCUT2D eigenvalue weighted by Crippen LogP contribution is 2.22. The molecule has 0 aromatic heterocycles. The number of alkyl halides is 2. The third kappa shape index (κ3) is 4.45. The van der Waals surface area contributed by atoms with Crippen LogP contribution in [0.1, 0.15) is 30.1 Å². The largest absolute Gasteiger partial charge is 0.345 e. The molecule has 0 atom stereocenters. The lowest BCUT2D eigenvalue weighted by Gasteiger charge is -2.15. The molecule has 0 fully saturated rings. The van der Waals surface area contributed by atoms with E-state index in [2.05, 4.69) is 0 Å². The van der Waals surface area contributed by atoms with Gasteiger partial charge in [0, 0.05) is 18.6 Å². The SMILES string of the molecule is CCCC(=O)C(F)(F)CNC(=O)c1cc([N+](=O)[O-])ccc1Cl. The molecule has 1 aromatic carbocycles. The first-order chi connectivity index (χ1) is 10.2. The maximum absolute atomic E-state index is 13.5. The molecule has 0 saturated carbocycles.